The summed E-state index contributed by atoms with van der Waals surface area (Å²) >= 11 is 4.55. The number of furan rings is 1. The van der Waals surface area contributed by atoms with Crippen LogP contribution in [0, 0.1) is 17.0 Å². The molecule has 0 aliphatic carbocycles. The minimum absolute atomic E-state index is 0.0202. The second kappa shape index (κ2) is 6.84. The van der Waals surface area contributed by atoms with E-state index in [1.54, 1.807) is 31.2 Å². The van der Waals surface area contributed by atoms with Gasteiger partial charge in [0.1, 0.15) is 11.5 Å². The Balaban J connectivity index is 2.21. The van der Waals surface area contributed by atoms with Crippen molar-refractivity contribution in [1.82, 2.24) is 5.32 Å². The van der Waals surface area contributed by atoms with E-state index >= 15 is 0 Å². The highest BCUT2D eigenvalue weighted by atomic mass is 32.1. The molecule has 7 nitrogen and oxygen atoms in total. The number of benzene rings is 1. The molecule has 0 bridgehead atoms. The van der Waals surface area contributed by atoms with Crippen LogP contribution < -0.4 is 11.1 Å². The van der Waals surface area contributed by atoms with Crippen LogP contribution in [0.25, 0.3) is 17.4 Å². The molecular formula is C15H13N3O4S. The lowest BCUT2D eigenvalue weighted by Gasteiger charge is -2.00. The van der Waals surface area contributed by atoms with E-state index in [-0.39, 0.29) is 10.8 Å². The van der Waals surface area contributed by atoms with Gasteiger partial charge in [-0.1, -0.05) is 12.1 Å². The van der Waals surface area contributed by atoms with Gasteiger partial charge < -0.3 is 10.2 Å². The number of nitrogens with two attached hydrogens (primary N) is 1. The minimum atomic E-state index is -0.471. The molecule has 0 saturated carbocycles. The maximum Gasteiger partial charge on any atom is 0.273 e. The Labute approximate surface area is 136 Å². The van der Waals surface area contributed by atoms with Gasteiger partial charge in [0.2, 0.25) is 5.91 Å². The topological polar surface area (TPSA) is 111 Å². The summed E-state index contributed by atoms with van der Waals surface area (Å²) in [4.78, 5) is 21.9. The molecule has 0 aliphatic rings. The van der Waals surface area contributed by atoms with Crippen LogP contribution >= 0.6 is 12.2 Å². The predicted molar refractivity (Wildman–Crippen MR) is 89.5 cm³/mol. The highest BCUT2D eigenvalue weighted by Crippen LogP contribution is 2.28. The van der Waals surface area contributed by atoms with Gasteiger partial charge in [-0.05, 0) is 37.4 Å². The van der Waals surface area contributed by atoms with Crippen molar-refractivity contribution in [3.8, 4) is 11.3 Å². The number of nitro groups is 1. The summed E-state index contributed by atoms with van der Waals surface area (Å²) < 4.78 is 5.55. The average molecular weight is 331 g/mol. The molecule has 0 spiro atoms. The molecule has 1 heterocycles. The number of thiocarbonyl (C=S) groups is 1. The summed E-state index contributed by atoms with van der Waals surface area (Å²) in [6.07, 6.45) is 2.67. The first-order valence-corrected chi connectivity index (χ1v) is 6.91. The molecule has 118 valence electrons. The molecule has 0 atom stereocenters. The Morgan fingerprint density at radius 3 is 2.78 bits per heavy atom. The van der Waals surface area contributed by atoms with Gasteiger partial charge in [0.05, 0.1) is 4.92 Å². The smallest absolute Gasteiger partial charge is 0.273 e. The van der Waals surface area contributed by atoms with Crippen LogP contribution in [0.2, 0.25) is 0 Å². The molecule has 1 amide bonds. The van der Waals surface area contributed by atoms with E-state index in [0.29, 0.717) is 22.6 Å². The summed E-state index contributed by atoms with van der Waals surface area (Å²) in [7, 11) is 0. The highest BCUT2D eigenvalue weighted by molar-refractivity contribution is 7.80. The number of nitro benzene ring substituents is 1. The van der Waals surface area contributed by atoms with E-state index < -0.39 is 10.8 Å². The molecule has 0 saturated heterocycles. The number of nitrogens with one attached hydrogen (secondary N) is 1. The molecule has 2 rings (SSSR count). The summed E-state index contributed by atoms with van der Waals surface area (Å²) in [5.74, 6) is 0.408. The monoisotopic (exact) mass is 331 g/mol. The third kappa shape index (κ3) is 4.24. The third-order valence-electron chi connectivity index (χ3n) is 2.96. The molecule has 2 aromatic rings. The lowest BCUT2D eigenvalue weighted by Crippen LogP contribution is -2.33. The van der Waals surface area contributed by atoms with Crippen molar-refractivity contribution >= 4 is 35.0 Å². The Hall–Kier alpha value is -3.00. The molecule has 0 fully saturated rings. The van der Waals surface area contributed by atoms with Crippen LogP contribution in [0.3, 0.4) is 0 Å². The Morgan fingerprint density at radius 1 is 1.39 bits per heavy atom. The lowest BCUT2D eigenvalue weighted by atomic mass is 10.1. The van der Waals surface area contributed by atoms with Gasteiger partial charge in [-0.15, -0.1) is 0 Å². The number of rotatable bonds is 4. The molecule has 0 unspecified atom stereocenters. The summed E-state index contributed by atoms with van der Waals surface area (Å²) in [6.45, 7) is 1.67. The number of carbonyl (C=O) groups excluding carboxylic acids is 1. The fourth-order valence-corrected chi connectivity index (χ4v) is 1.98. The first kappa shape index (κ1) is 16.4. The van der Waals surface area contributed by atoms with E-state index in [1.807, 2.05) is 0 Å². The zero-order chi connectivity index (χ0) is 17.0. The molecule has 1 aromatic heterocycles. The van der Waals surface area contributed by atoms with Gasteiger partial charge >= 0.3 is 0 Å². The third-order valence-corrected chi connectivity index (χ3v) is 3.06. The molecular weight excluding hydrogens is 318 g/mol. The molecule has 0 aliphatic heterocycles. The number of nitrogens with zero attached hydrogens (tertiary/aromatic N) is 1. The normalized spacial score (nSPS) is 10.7. The molecule has 0 radical (unpaired) electrons. The van der Waals surface area contributed by atoms with Gasteiger partial charge in [0.25, 0.3) is 5.69 Å². The maximum absolute atomic E-state index is 11.4. The van der Waals surface area contributed by atoms with Gasteiger partial charge in [-0.2, -0.15) is 0 Å². The first-order chi connectivity index (χ1) is 10.9. The van der Waals surface area contributed by atoms with E-state index in [2.05, 4.69) is 17.5 Å². The summed E-state index contributed by atoms with van der Waals surface area (Å²) in [5, 5.41) is 13.1. The molecule has 1 aromatic carbocycles. The highest BCUT2D eigenvalue weighted by Gasteiger charge is 2.13. The standard InChI is InChI=1S/C15H13N3O4S/c1-9-2-3-10(8-12(9)18(20)21)13-6-4-11(22-13)5-7-14(19)17-15(16)23/h2-8H,1H3,(H3,16,17,19,23)/b7-5+. The Morgan fingerprint density at radius 2 is 2.13 bits per heavy atom. The van der Waals surface area contributed by atoms with E-state index in [0.717, 1.165) is 0 Å². The van der Waals surface area contributed by atoms with Crippen molar-refractivity contribution in [2.75, 3.05) is 0 Å². The predicted octanol–water partition coefficient (Wildman–Crippen LogP) is 2.54. The van der Waals surface area contributed by atoms with E-state index in [4.69, 9.17) is 10.2 Å². The van der Waals surface area contributed by atoms with Gasteiger partial charge in [-0.25, -0.2) is 0 Å². The largest absolute Gasteiger partial charge is 0.457 e. The maximum atomic E-state index is 11.4. The molecule has 23 heavy (non-hydrogen) atoms. The second-order valence-corrected chi connectivity index (χ2v) is 5.09. The average Bonchev–Trinajstić information content (AvgIpc) is 2.93. The fraction of sp³-hybridized carbons (Fsp3) is 0.0667. The number of hydrogen-bond donors (Lipinski definition) is 2. The van der Waals surface area contributed by atoms with Crippen molar-refractivity contribution < 1.29 is 14.1 Å². The van der Waals surface area contributed by atoms with Crippen molar-refractivity contribution in [2.24, 2.45) is 5.73 Å². The van der Waals surface area contributed by atoms with Crippen LogP contribution in [0.5, 0.6) is 0 Å². The fourth-order valence-electron chi connectivity index (χ4n) is 1.88. The zero-order valence-corrected chi connectivity index (χ0v) is 12.9. The van der Waals surface area contributed by atoms with E-state index in [9.17, 15) is 14.9 Å². The SMILES string of the molecule is Cc1ccc(-c2ccc(/C=C/C(=O)NC(N)=S)o2)cc1[N+](=O)[O-]. The minimum Gasteiger partial charge on any atom is -0.457 e. The van der Waals surface area contributed by atoms with E-state index in [1.165, 1.54) is 18.2 Å². The lowest BCUT2D eigenvalue weighted by molar-refractivity contribution is -0.385. The van der Waals surface area contributed by atoms with Crippen molar-refractivity contribution in [3.63, 3.8) is 0 Å². The Bertz CT molecular complexity index is 811. The van der Waals surface area contributed by atoms with Crippen molar-refractivity contribution in [1.29, 1.82) is 0 Å². The number of aryl methyl sites for hydroxylation is 1. The van der Waals surface area contributed by atoms with Crippen LogP contribution in [0.1, 0.15) is 11.3 Å². The van der Waals surface area contributed by atoms with Crippen LogP contribution in [-0.4, -0.2) is 15.9 Å². The van der Waals surface area contributed by atoms with Gasteiger partial charge in [0, 0.05) is 23.3 Å². The second-order valence-electron chi connectivity index (χ2n) is 4.65. The van der Waals surface area contributed by atoms with Crippen molar-refractivity contribution in [3.05, 3.63) is 57.8 Å². The van der Waals surface area contributed by atoms with Gasteiger partial charge in [-0.3, -0.25) is 20.2 Å². The van der Waals surface area contributed by atoms with Crippen LogP contribution in [-0.2, 0) is 4.79 Å². The van der Waals surface area contributed by atoms with Crippen LogP contribution in [0.15, 0.2) is 40.8 Å². The number of carbonyl (C=O) groups is 1. The summed E-state index contributed by atoms with van der Waals surface area (Å²) in [5.41, 5.74) is 6.35. The number of hydrogen-bond acceptors (Lipinski definition) is 5. The van der Waals surface area contributed by atoms with Crippen LogP contribution in [0.4, 0.5) is 5.69 Å². The van der Waals surface area contributed by atoms with Gasteiger partial charge in [0.15, 0.2) is 5.11 Å². The van der Waals surface area contributed by atoms with Crippen molar-refractivity contribution in [2.45, 2.75) is 6.92 Å². The molecule has 3 N–H and O–H groups in total. The first-order valence-electron chi connectivity index (χ1n) is 6.50. The summed E-state index contributed by atoms with van der Waals surface area (Å²) in [6, 6.07) is 8.14. The number of amides is 1. The Kier molecular flexibility index (Phi) is 4.87. The molecule has 8 heteroatoms. The quantitative estimate of drug-likeness (QED) is 0.385. The zero-order valence-electron chi connectivity index (χ0n) is 12.1.